The van der Waals surface area contributed by atoms with Crippen LogP contribution in [0.3, 0.4) is 0 Å². The fourth-order valence-electron chi connectivity index (χ4n) is 3.10. The molecule has 1 aliphatic rings. The van der Waals surface area contributed by atoms with E-state index in [4.69, 9.17) is 4.98 Å². The van der Waals surface area contributed by atoms with E-state index >= 15 is 0 Å². The van der Waals surface area contributed by atoms with Gasteiger partial charge in [-0.2, -0.15) is 0 Å². The molecule has 1 atom stereocenters. The number of fused-ring (bicyclic) bond motifs is 2. The third-order valence-electron chi connectivity index (χ3n) is 4.04. The smallest absolute Gasteiger partial charge is 0.133 e. The Labute approximate surface area is 118 Å². The van der Waals surface area contributed by atoms with Crippen molar-refractivity contribution in [3.8, 4) is 0 Å². The summed E-state index contributed by atoms with van der Waals surface area (Å²) in [6.45, 7) is 2.26. The van der Waals surface area contributed by atoms with Crippen molar-refractivity contribution >= 4 is 22.4 Å². The van der Waals surface area contributed by atoms with Crippen LogP contribution in [-0.4, -0.2) is 11.0 Å². The molecular formula is C18H16N2. The lowest BCUT2D eigenvalue weighted by Crippen LogP contribution is -2.24. The summed E-state index contributed by atoms with van der Waals surface area (Å²) >= 11 is 0. The Kier molecular flexibility index (Phi) is 2.49. The first-order valence-electron chi connectivity index (χ1n) is 7.06. The van der Waals surface area contributed by atoms with Crippen molar-refractivity contribution < 1.29 is 0 Å². The monoisotopic (exact) mass is 260 g/mol. The number of anilines is 2. The highest BCUT2D eigenvalue weighted by atomic mass is 15.2. The number of hydrogen-bond acceptors (Lipinski definition) is 2. The molecule has 98 valence electrons. The van der Waals surface area contributed by atoms with E-state index in [1.54, 1.807) is 0 Å². The molecule has 2 aromatic carbocycles. The SMILES string of the molecule is CC1Cc2ccccc2N1c1ccc2ccccc2n1. The predicted octanol–water partition coefficient (Wildman–Crippen LogP) is 4.32. The van der Waals surface area contributed by atoms with Crippen LogP contribution in [0.15, 0.2) is 60.7 Å². The van der Waals surface area contributed by atoms with Crippen LogP contribution in [-0.2, 0) is 6.42 Å². The van der Waals surface area contributed by atoms with Crippen LogP contribution in [0, 0.1) is 0 Å². The molecule has 3 aromatic rings. The molecule has 20 heavy (non-hydrogen) atoms. The minimum Gasteiger partial charge on any atom is -0.323 e. The molecule has 0 bridgehead atoms. The fraction of sp³-hybridized carbons (Fsp3) is 0.167. The third kappa shape index (κ3) is 1.68. The van der Waals surface area contributed by atoms with Crippen LogP contribution in [0.2, 0.25) is 0 Å². The summed E-state index contributed by atoms with van der Waals surface area (Å²) < 4.78 is 0. The van der Waals surface area contributed by atoms with Gasteiger partial charge in [0.15, 0.2) is 0 Å². The average molecular weight is 260 g/mol. The summed E-state index contributed by atoms with van der Waals surface area (Å²) in [5, 5.41) is 1.19. The Hall–Kier alpha value is -2.35. The van der Waals surface area contributed by atoms with Gasteiger partial charge in [0.2, 0.25) is 0 Å². The standard InChI is InChI=1S/C18H16N2/c1-13-12-15-7-3-5-9-17(15)20(13)18-11-10-14-6-2-4-8-16(14)19-18/h2-11,13H,12H2,1H3. The molecule has 0 spiro atoms. The van der Waals surface area contributed by atoms with Crippen molar-refractivity contribution in [1.82, 2.24) is 4.98 Å². The highest BCUT2D eigenvalue weighted by Gasteiger charge is 2.27. The Morgan fingerprint density at radius 1 is 0.950 bits per heavy atom. The van der Waals surface area contributed by atoms with Crippen LogP contribution in [0.1, 0.15) is 12.5 Å². The Morgan fingerprint density at radius 3 is 2.70 bits per heavy atom. The lowest BCUT2D eigenvalue weighted by atomic mass is 10.1. The summed E-state index contributed by atoms with van der Waals surface area (Å²) in [5.41, 5.74) is 3.76. The predicted molar refractivity (Wildman–Crippen MR) is 83.5 cm³/mol. The van der Waals surface area contributed by atoms with Gasteiger partial charge in [-0.1, -0.05) is 36.4 Å². The molecule has 1 aliphatic heterocycles. The first-order valence-corrected chi connectivity index (χ1v) is 7.06. The molecule has 0 amide bonds. The molecule has 0 fully saturated rings. The molecule has 4 rings (SSSR count). The number of pyridine rings is 1. The number of hydrogen-bond donors (Lipinski definition) is 0. The minimum atomic E-state index is 0.459. The molecule has 2 nitrogen and oxygen atoms in total. The fourth-order valence-corrected chi connectivity index (χ4v) is 3.10. The number of benzene rings is 2. The summed E-state index contributed by atoms with van der Waals surface area (Å²) in [5.74, 6) is 1.04. The lowest BCUT2D eigenvalue weighted by molar-refractivity contribution is 0.752. The maximum Gasteiger partial charge on any atom is 0.133 e. The van der Waals surface area contributed by atoms with Gasteiger partial charge in [0.05, 0.1) is 5.52 Å². The van der Waals surface area contributed by atoms with Crippen molar-refractivity contribution in [3.63, 3.8) is 0 Å². The molecule has 2 heteroatoms. The highest BCUT2D eigenvalue weighted by molar-refractivity contribution is 5.82. The van der Waals surface area contributed by atoms with E-state index in [-0.39, 0.29) is 0 Å². The minimum absolute atomic E-state index is 0.459. The van der Waals surface area contributed by atoms with E-state index in [1.807, 2.05) is 6.07 Å². The molecule has 0 saturated carbocycles. The van der Waals surface area contributed by atoms with Gasteiger partial charge in [-0.15, -0.1) is 0 Å². The quantitative estimate of drug-likeness (QED) is 0.648. The molecule has 1 unspecified atom stereocenters. The van der Waals surface area contributed by atoms with Crippen LogP contribution in [0.4, 0.5) is 11.5 Å². The molecule has 1 aromatic heterocycles. The van der Waals surface area contributed by atoms with Gasteiger partial charge in [-0.05, 0) is 43.2 Å². The van der Waals surface area contributed by atoms with Gasteiger partial charge in [-0.25, -0.2) is 4.98 Å². The van der Waals surface area contributed by atoms with Gasteiger partial charge in [0.25, 0.3) is 0 Å². The van der Waals surface area contributed by atoms with Gasteiger partial charge in [0, 0.05) is 17.1 Å². The van der Waals surface area contributed by atoms with Crippen molar-refractivity contribution in [1.29, 1.82) is 0 Å². The van der Waals surface area contributed by atoms with Gasteiger partial charge in [-0.3, -0.25) is 0 Å². The van der Waals surface area contributed by atoms with Crippen molar-refractivity contribution in [2.24, 2.45) is 0 Å². The highest BCUT2D eigenvalue weighted by Crippen LogP contribution is 2.37. The largest absolute Gasteiger partial charge is 0.323 e. The molecule has 0 radical (unpaired) electrons. The zero-order valence-electron chi connectivity index (χ0n) is 11.5. The second-order valence-corrected chi connectivity index (χ2v) is 5.41. The van der Waals surface area contributed by atoms with Gasteiger partial charge >= 0.3 is 0 Å². The maximum atomic E-state index is 4.83. The molecule has 0 N–H and O–H groups in total. The van der Waals surface area contributed by atoms with Crippen LogP contribution in [0.5, 0.6) is 0 Å². The van der Waals surface area contributed by atoms with Crippen LogP contribution in [0.25, 0.3) is 10.9 Å². The van der Waals surface area contributed by atoms with E-state index in [1.165, 1.54) is 16.6 Å². The zero-order chi connectivity index (χ0) is 13.5. The van der Waals surface area contributed by atoms with Crippen molar-refractivity contribution in [3.05, 3.63) is 66.2 Å². The number of para-hydroxylation sites is 2. The summed E-state index contributed by atoms with van der Waals surface area (Å²) in [6.07, 6.45) is 1.09. The zero-order valence-corrected chi connectivity index (χ0v) is 11.5. The van der Waals surface area contributed by atoms with Crippen molar-refractivity contribution in [2.45, 2.75) is 19.4 Å². The second-order valence-electron chi connectivity index (χ2n) is 5.41. The number of rotatable bonds is 1. The topological polar surface area (TPSA) is 16.1 Å². The second kappa shape index (κ2) is 4.34. The number of aromatic nitrogens is 1. The van der Waals surface area contributed by atoms with E-state index in [9.17, 15) is 0 Å². The molecule has 0 saturated heterocycles. The first kappa shape index (κ1) is 11.5. The molecule has 2 heterocycles. The van der Waals surface area contributed by atoms with Crippen LogP contribution < -0.4 is 4.90 Å². The van der Waals surface area contributed by atoms with Crippen molar-refractivity contribution in [2.75, 3.05) is 4.90 Å². The van der Waals surface area contributed by atoms with E-state index < -0.39 is 0 Å². The summed E-state index contributed by atoms with van der Waals surface area (Å²) in [4.78, 5) is 7.18. The average Bonchev–Trinajstić information content (AvgIpc) is 2.82. The van der Waals surface area contributed by atoms with Gasteiger partial charge in [0.1, 0.15) is 5.82 Å². The van der Waals surface area contributed by atoms with E-state index in [2.05, 4.69) is 66.4 Å². The molecular weight excluding hydrogens is 244 g/mol. The lowest BCUT2D eigenvalue weighted by Gasteiger charge is -2.24. The Bertz CT molecular complexity index is 779. The summed E-state index contributed by atoms with van der Waals surface area (Å²) in [7, 11) is 0. The number of nitrogens with zero attached hydrogens (tertiary/aromatic N) is 2. The normalized spacial score (nSPS) is 17.4. The Balaban J connectivity index is 1.86. The third-order valence-corrected chi connectivity index (χ3v) is 4.04. The van der Waals surface area contributed by atoms with Gasteiger partial charge < -0.3 is 4.90 Å². The van der Waals surface area contributed by atoms with Crippen LogP contribution >= 0.6 is 0 Å². The first-order chi connectivity index (χ1) is 9.83. The maximum absolute atomic E-state index is 4.83. The van der Waals surface area contributed by atoms with E-state index in [0.29, 0.717) is 6.04 Å². The van der Waals surface area contributed by atoms with E-state index in [0.717, 1.165) is 17.8 Å². The summed E-state index contributed by atoms with van der Waals surface area (Å²) in [6, 6.07) is 21.6. The molecule has 0 aliphatic carbocycles. The Morgan fingerprint density at radius 2 is 1.75 bits per heavy atom.